The van der Waals surface area contributed by atoms with E-state index in [4.69, 9.17) is 39.0 Å². The van der Waals surface area contributed by atoms with Gasteiger partial charge in [0.25, 0.3) is 0 Å². The van der Waals surface area contributed by atoms with Gasteiger partial charge in [0.1, 0.15) is 6.61 Å². The van der Waals surface area contributed by atoms with E-state index in [9.17, 15) is 8.42 Å². The molecule has 24 heavy (non-hydrogen) atoms. The highest BCUT2D eigenvalue weighted by molar-refractivity contribution is 7.84. The third-order valence-electron chi connectivity index (χ3n) is 4.99. The summed E-state index contributed by atoms with van der Waals surface area (Å²) >= 11 is 16.9. The molecule has 8 heteroatoms. The molecule has 1 aliphatic heterocycles. The van der Waals surface area contributed by atoms with Gasteiger partial charge in [0.05, 0.1) is 0 Å². The Hall–Kier alpha value is -0.0400. The van der Waals surface area contributed by atoms with Gasteiger partial charge in [-0.25, -0.2) is 0 Å². The van der Waals surface area contributed by atoms with Crippen molar-refractivity contribution < 1.29 is 12.6 Å². The molecule has 0 N–H and O–H groups in total. The predicted octanol–water partition coefficient (Wildman–Crippen LogP) is 4.42. The summed E-state index contributed by atoms with van der Waals surface area (Å²) in [5.74, 6) is 0.162. The van der Waals surface area contributed by atoms with Crippen LogP contribution in [0.15, 0.2) is 30.3 Å². The number of rotatable bonds is 4. The maximum Gasteiger partial charge on any atom is 0.339 e. The summed E-state index contributed by atoms with van der Waals surface area (Å²) < 4.78 is 30.3. The van der Waals surface area contributed by atoms with Crippen molar-refractivity contribution in [3.8, 4) is 0 Å². The molecule has 2 fully saturated rings. The number of alkyl halides is 3. The van der Waals surface area contributed by atoms with E-state index < -0.39 is 20.7 Å². The van der Waals surface area contributed by atoms with Crippen molar-refractivity contribution in [2.24, 2.45) is 0 Å². The molecule has 1 spiro atoms. The highest BCUT2D eigenvalue weighted by Crippen LogP contribution is 2.49. The number of hydrogen-bond donors (Lipinski definition) is 0. The first-order chi connectivity index (χ1) is 11.2. The molecule has 0 amide bonds. The van der Waals surface area contributed by atoms with Crippen molar-refractivity contribution in [1.29, 1.82) is 0 Å². The molecule has 2 aliphatic rings. The monoisotopic (exact) mass is 411 g/mol. The molecule has 134 valence electrons. The normalized spacial score (nSPS) is 24.7. The fraction of sp³-hybridized carbons (Fsp3) is 0.625. The molecule has 1 aliphatic carbocycles. The fourth-order valence-corrected chi connectivity index (χ4v) is 5.89. The van der Waals surface area contributed by atoms with Crippen LogP contribution in [0.1, 0.15) is 43.6 Å². The van der Waals surface area contributed by atoms with Crippen LogP contribution in [0.5, 0.6) is 0 Å². The summed E-state index contributed by atoms with van der Waals surface area (Å²) in [7, 11) is -3.95. The molecule has 1 heterocycles. The lowest BCUT2D eigenvalue weighted by Gasteiger charge is -2.33. The zero-order valence-corrected chi connectivity index (χ0v) is 16.2. The summed E-state index contributed by atoms with van der Waals surface area (Å²) in [4.78, 5) is 0. The second-order valence-corrected chi connectivity index (χ2v) is 10.7. The zero-order chi connectivity index (χ0) is 17.4. The Morgan fingerprint density at radius 1 is 1.17 bits per heavy atom. The van der Waals surface area contributed by atoms with Gasteiger partial charge in [0.2, 0.25) is 3.79 Å². The van der Waals surface area contributed by atoms with Gasteiger partial charge in [-0.15, -0.1) is 0 Å². The smallest absolute Gasteiger partial charge is 0.253 e. The first kappa shape index (κ1) is 18.7. The summed E-state index contributed by atoms with van der Waals surface area (Å²) in [6.45, 7) is -0.0746. The molecular formula is C16H20Cl3NO3S. The van der Waals surface area contributed by atoms with Crippen LogP contribution < -0.4 is 0 Å². The van der Waals surface area contributed by atoms with Crippen LogP contribution >= 0.6 is 34.8 Å². The molecule has 1 saturated carbocycles. The van der Waals surface area contributed by atoms with E-state index in [1.165, 1.54) is 4.31 Å². The van der Waals surface area contributed by atoms with Gasteiger partial charge in [-0.05, 0) is 30.7 Å². The third-order valence-corrected chi connectivity index (χ3v) is 6.81. The van der Waals surface area contributed by atoms with Crippen LogP contribution in [-0.2, 0) is 14.5 Å². The van der Waals surface area contributed by atoms with Gasteiger partial charge in [-0.1, -0.05) is 78.0 Å². The minimum atomic E-state index is -3.95. The molecule has 1 aromatic rings. The Labute approximate surface area is 158 Å². The number of hydrogen-bond acceptors (Lipinski definition) is 3. The lowest BCUT2D eigenvalue weighted by molar-refractivity contribution is 0.200. The van der Waals surface area contributed by atoms with Crippen molar-refractivity contribution in [3.63, 3.8) is 0 Å². The molecule has 0 aromatic heterocycles. The Kier molecular flexibility index (Phi) is 5.41. The largest absolute Gasteiger partial charge is 0.339 e. The van der Waals surface area contributed by atoms with Crippen LogP contribution in [0.3, 0.4) is 0 Å². The highest BCUT2D eigenvalue weighted by atomic mass is 35.6. The Morgan fingerprint density at radius 3 is 2.38 bits per heavy atom. The van der Waals surface area contributed by atoms with Gasteiger partial charge in [0.15, 0.2) is 0 Å². The van der Waals surface area contributed by atoms with Crippen LogP contribution in [0.25, 0.3) is 0 Å². The minimum Gasteiger partial charge on any atom is -0.253 e. The Morgan fingerprint density at radius 2 is 1.79 bits per heavy atom. The fourth-order valence-electron chi connectivity index (χ4n) is 3.99. The SMILES string of the molecule is O=S(=O)(OCC(Cl)(Cl)Cl)N1CC(c2ccccc2)CC12CCCC2. The topological polar surface area (TPSA) is 46.6 Å². The number of halogens is 3. The van der Waals surface area contributed by atoms with E-state index in [1.54, 1.807) is 0 Å². The maximum atomic E-state index is 12.7. The van der Waals surface area contributed by atoms with Crippen molar-refractivity contribution in [2.75, 3.05) is 13.2 Å². The van der Waals surface area contributed by atoms with E-state index >= 15 is 0 Å². The van der Waals surface area contributed by atoms with E-state index in [2.05, 4.69) is 0 Å². The molecule has 4 nitrogen and oxygen atoms in total. The quantitative estimate of drug-likeness (QED) is 0.688. The summed E-state index contributed by atoms with van der Waals surface area (Å²) in [6, 6.07) is 10.0. The maximum absolute atomic E-state index is 12.7. The second-order valence-electron chi connectivity index (χ2n) is 6.61. The molecule has 1 atom stereocenters. The van der Waals surface area contributed by atoms with E-state index in [0.29, 0.717) is 6.54 Å². The standard InChI is InChI=1S/C16H20Cl3NO3S/c17-16(18,19)12-23-24(21,22)20-11-14(13-6-2-1-3-7-13)10-15(20)8-4-5-9-15/h1-3,6-7,14H,4-5,8-12H2. The molecule has 0 bridgehead atoms. The van der Waals surface area contributed by atoms with Crippen LogP contribution in [-0.4, -0.2) is 35.2 Å². The lowest BCUT2D eigenvalue weighted by atomic mass is 9.88. The lowest BCUT2D eigenvalue weighted by Crippen LogP contribution is -2.46. The summed E-state index contributed by atoms with van der Waals surface area (Å²) in [6.07, 6.45) is 4.57. The van der Waals surface area contributed by atoms with Crippen molar-refractivity contribution in [3.05, 3.63) is 35.9 Å². The first-order valence-corrected chi connectivity index (χ1v) is 10.5. The zero-order valence-electron chi connectivity index (χ0n) is 13.1. The molecule has 0 radical (unpaired) electrons. The van der Waals surface area contributed by atoms with Crippen LogP contribution in [0.2, 0.25) is 0 Å². The number of benzene rings is 1. The van der Waals surface area contributed by atoms with Crippen LogP contribution in [0, 0.1) is 0 Å². The average molecular weight is 413 g/mol. The average Bonchev–Trinajstić information content (AvgIpc) is 3.14. The van der Waals surface area contributed by atoms with Crippen molar-refractivity contribution >= 4 is 45.1 Å². The van der Waals surface area contributed by atoms with Gasteiger partial charge in [0, 0.05) is 12.1 Å². The van der Waals surface area contributed by atoms with Gasteiger partial charge in [-0.2, -0.15) is 12.7 Å². The third kappa shape index (κ3) is 4.02. The second kappa shape index (κ2) is 6.93. The van der Waals surface area contributed by atoms with Gasteiger partial charge in [-0.3, -0.25) is 4.18 Å². The molecule has 3 rings (SSSR count). The molecular weight excluding hydrogens is 393 g/mol. The van der Waals surface area contributed by atoms with Crippen LogP contribution in [0.4, 0.5) is 0 Å². The molecule has 1 aromatic carbocycles. The van der Waals surface area contributed by atoms with E-state index in [1.807, 2.05) is 30.3 Å². The first-order valence-electron chi connectivity index (χ1n) is 8.01. The minimum absolute atomic E-state index is 0.162. The van der Waals surface area contributed by atoms with Crippen molar-refractivity contribution in [2.45, 2.75) is 47.4 Å². The van der Waals surface area contributed by atoms with Crippen molar-refractivity contribution in [1.82, 2.24) is 4.31 Å². The van der Waals surface area contributed by atoms with E-state index in [0.717, 1.165) is 37.7 Å². The Balaban J connectivity index is 1.85. The highest BCUT2D eigenvalue weighted by Gasteiger charge is 2.53. The predicted molar refractivity (Wildman–Crippen MR) is 96.9 cm³/mol. The van der Waals surface area contributed by atoms with E-state index in [-0.39, 0.29) is 11.5 Å². The Bertz CT molecular complexity index is 670. The molecule has 1 saturated heterocycles. The van der Waals surface area contributed by atoms with Gasteiger partial charge < -0.3 is 0 Å². The molecule has 1 unspecified atom stereocenters. The number of nitrogens with zero attached hydrogens (tertiary/aromatic N) is 1. The summed E-state index contributed by atoms with van der Waals surface area (Å²) in [5.41, 5.74) is 0.787. The van der Waals surface area contributed by atoms with Gasteiger partial charge >= 0.3 is 10.3 Å². The summed E-state index contributed by atoms with van der Waals surface area (Å²) in [5, 5.41) is 0.